The van der Waals surface area contributed by atoms with Crippen LogP contribution in [0, 0.1) is 13.8 Å². The quantitative estimate of drug-likeness (QED) is 0.879. The minimum Gasteiger partial charge on any atom is -0.374 e. The Balaban J connectivity index is 1.94. The van der Waals surface area contributed by atoms with Gasteiger partial charge in [0.05, 0.1) is 5.60 Å². The van der Waals surface area contributed by atoms with Crippen molar-refractivity contribution in [1.82, 2.24) is 5.32 Å². The van der Waals surface area contributed by atoms with E-state index in [9.17, 15) is 0 Å². The Kier molecular flexibility index (Phi) is 4.08. The molecule has 100 valence electrons. The maximum atomic E-state index is 5.81. The topological polar surface area (TPSA) is 21.3 Å². The van der Waals surface area contributed by atoms with Crippen molar-refractivity contribution >= 4 is 0 Å². The fourth-order valence-corrected chi connectivity index (χ4v) is 2.50. The average molecular weight is 247 g/mol. The molecule has 0 saturated carbocycles. The number of benzene rings is 1. The Morgan fingerprint density at radius 2 is 2.11 bits per heavy atom. The summed E-state index contributed by atoms with van der Waals surface area (Å²) in [5, 5.41) is 3.60. The molecule has 1 aliphatic rings. The van der Waals surface area contributed by atoms with Crippen molar-refractivity contribution in [2.24, 2.45) is 0 Å². The van der Waals surface area contributed by atoms with Gasteiger partial charge in [0.2, 0.25) is 0 Å². The Bertz CT molecular complexity index is 408. The first-order valence-electron chi connectivity index (χ1n) is 6.95. The van der Waals surface area contributed by atoms with Gasteiger partial charge in [-0.2, -0.15) is 0 Å². The van der Waals surface area contributed by atoms with Crippen molar-refractivity contribution in [2.45, 2.75) is 52.2 Å². The van der Waals surface area contributed by atoms with Crippen molar-refractivity contribution < 1.29 is 4.74 Å². The summed E-state index contributed by atoms with van der Waals surface area (Å²) in [5.74, 6) is 0. The first-order valence-corrected chi connectivity index (χ1v) is 6.95. The Morgan fingerprint density at radius 3 is 2.72 bits per heavy atom. The van der Waals surface area contributed by atoms with Crippen molar-refractivity contribution in [3.63, 3.8) is 0 Å². The molecule has 1 saturated heterocycles. The lowest BCUT2D eigenvalue weighted by Crippen LogP contribution is -2.38. The molecule has 2 rings (SSSR count). The third kappa shape index (κ3) is 3.12. The molecule has 2 heteroatoms. The maximum Gasteiger partial charge on any atom is 0.0779 e. The van der Waals surface area contributed by atoms with E-state index >= 15 is 0 Å². The van der Waals surface area contributed by atoms with E-state index < -0.39 is 0 Å². The van der Waals surface area contributed by atoms with E-state index in [-0.39, 0.29) is 5.60 Å². The third-order valence-corrected chi connectivity index (χ3v) is 4.11. The molecule has 1 aromatic carbocycles. The predicted molar refractivity (Wildman–Crippen MR) is 75.9 cm³/mol. The van der Waals surface area contributed by atoms with Crippen molar-refractivity contribution in [2.75, 3.05) is 13.2 Å². The Hall–Kier alpha value is -0.860. The average Bonchev–Trinajstić information content (AvgIpc) is 2.77. The maximum absolute atomic E-state index is 5.81. The highest BCUT2D eigenvalue weighted by atomic mass is 16.5. The SMILES string of the molecule is Cc1ccc(C(C)NCC2(C)CCCO2)cc1C. The van der Waals surface area contributed by atoms with Gasteiger partial charge >= 0.3 is 0 Å². The molecule has 0 spiro atoms. The Morgan fingerprint density at radius 1 is 1.33 bits per heavy atom. The second-order valence-electron chi connectivity index (χ2n) is 5.85. The van der Waals surface area contributed by atoms with E-state index in [4.69, 9.17) is 4.74 Å². The number of hydrogen-bond donors (Lipinski definition) is 1. The molecule has 0 aromatic heterocycles. The van der Waals surface area contributed by atoms with Crippen LogP contribution < -0.4 is 5.32 Å². The van der Waals surface area contributed by atoms with E-state index in [1.54, 1.807) is 0 Å². The highest BCUT2D eigenvalue weighted by Gasteiger charge is 2.29. The molecule has 2 atom stereocenters. The van der Waals surface area contributed by atoms with Crippen LogP contribution >= 0.6 is 0 Å². The summed E-state index contributed by atoms with van der Waals surface area (Å²) in [5.41, 5.74) is 4.12. The fraction of sp³-hybridized carbons (Fsp3) is 0.625. The van der Waals surface area contributed by atoms with Crippen molar-refractivity contribution in [1.29, 1.82) is 0 Å². The van der Waals surface area contributed by atoms with E-state index in [2.05, 4.69) is 51.2 Å². The molecule has 1 aromatic rings. The van der Waals surface area contributed by atoms with Gasteiger partial charge in [-0.3, -0.25) is 0 Å². The van der Waals surface area contributed by atoms with Crippen LogP contribution in [0.25, 0.3) is 0 Å². The third-order valence-electron chi connectivity index (χ3n) is 4.11. The minimum atomic E-state index is 0.0357. The summed E-state index contributed by atoms with van der Waals surface area (Å²) in [6, 6.07) is 7.09. The first kappa shape index (κ1) is 13.6. The second kappa shape index (κ2) is 5.41. The molecular formula is C16H25NO. The van der Waals surface area contributed by atoms with Gasteiger partial charge in [0, 0.05) is 19.2 Å². The van der Waals surface area contributed by atoms with Crippen LogP contribution in [0.5, 0.6) is 0 Å². The number of nitrogens with one attached hydrogen (secondary N) is 1. The van der Waals surface area contributed by atoms with Crippen molar-refractivity contribution in [3.8, 4) is 0 Å². The number of hydrogen-bond acceptors (Lipinski definition) is 2. The monoisotopic (exact) mass is 247 g/mol. The number of rotatable bonds is 4. The lowest BCUT2D eigenvalue weighted by molar-refractivity contribution is 0.0191. The molecule has 2 nitrogen and oxygen atoms in total. The lowest BCUT2D eigenvalue weighted by atomic mass is 9.99. The first-order chi connectivity index (χ1) is 8.50. The fourth-order valence-electron chi connectivity index (χ4n) is 2.50. The Labute approximate surface area is 111 Å². The van der Waals surface area contributed by atoms with Gasteiger partial charge < -0.3 is 10.1 Å². The van der Waals surface area contributed by atoms with E-state index in [0.717, 1.165) is 13.2 Å². The van der Waals surface area contributed by atoms with Gasteiger partial charge in [-0.1, -0.05) is 18.2 Å². The van der Waals surface area contributed by atoms with Crippen LogP contribution in [0.1, 0.15) is 49.4 Å². The summed E-state index contributed by atoms with van der Waals surface area (Å²) in [7, 11) is 0. The predicted octanol–water partition coefficient (Wildman–Crippen LogP) is 3.52. The summed E-state index contributed by atoms with van der Waals surface area (Å²) in [6.07, 6.45) is 2.36. The van der Waals surface area contributed by atoms with E-state index in [1.807, 2.05) is 0 Å². The summed E-state index contributed by atoms with van der Waals surface area (Å²) in [4.78, 5) is 0. The highest BCUT2D eigenvalue weighted by Crippen LogP contribution is 2.25. The van der Waals surface area contributed by atoms with Crippen molar-refractivity contribution in [3.05, 3.63) is 34.9 Å². The van der Waals surface area contributed by atoms with Gasteiger partial charge in [-0.25, -0.2) is 0 Å². The van der Waals surface area contributed by atoms with Gasteiger partial charge in [0.25, 0.3) is 0 Å². The standard InChI is InChI=1S/C16H25NO/c1-12-6-7-15(10-13(12)2)14(3)17-11-16(4)8-5-9-18-16/h6-7,10,14,17H,5,8-9,11H2,1-4H3. The summed E-state index contributed by atoms with van der Waals surface area (Å²) in [6.45, 7) is 10.6. The molecule has 0 amide bonds. The van der Waals surface area contributed by atoms with Gasteiger partial charge in [-0.15, -0.1) is 0 Å². The second-order valence-corrected chi connectivity index (χ2v) is 5.85. The molecule has 1 heterocycles. The van der Waals surface area contributed by atoms with Gasteiger partial charge in [0.15, 0.2) is 0 Å². The summed E-state index contributed by atoms with van der Waals surface area (Å²) >= 11 is 0. The number of ether oxygens (including phenoxy) is 1. The van der Waals surface area contributed by atoms with Gasteiger partial charge in [-0.05, 0) is 57.2 Å². The zero-order valence-electron chi connectivity index (χ0n) is 12.0. The largest absolute Gasteiger partial charge is 0.374 e. The van der Waals surface area contributed by atoms with Crippen LogP contribution in [0.3, 0.4) is 0 Å². The van der Waals surface area contributed by atoms with E-state index in [0.29, 0.717) is 6.04 Å². The molecular weight excluding hydrogens is 222 g/mol. The van der Waals surface area contributed by atoms with Crippen LogP contribution in [0.4, 0.5) is 0 Å². The lowest BCUT2D eigenvalue weighted by Gasteiger charge is -2.26. The smallest absolute Gasteiger partial charge is 0.0779 e. The molecule has 18 heavy (non-hydrogen) atoms. The molecule has 1 aliphatic heterocycles. The zero-order valence-corrected chi connectivity index (χ0v) is 12.0. The molecule has 1 fully saturated rings. The van der Waals surface area contributed by atoms with Crippen LogP contribution in [0.15, 0.2) is 18.2 Å². The highest BCUT2D eigenvalue weighted by molar-refractivity contribution is 5.31. The van der Waals surface area contributed by atoms with Gasteiger partial charge in [0.1, 0.15) is 0 Å². The molecule has 0 aliphatic carbocycles. The van der Waals surface area contributed by atoms with E-state index in [1.165, 1.54) is 29.5 Å². The minimum absolute atomic E-state index is 0.0357. The van der Waals surface area contributed by atoms with Crippen LogP contribution in [-0.4, -0.2) is 18.8 Å². The van der Waals surface area contributed by atoms with Crippen LogP contribution in [-0.2, 0) is 4.74 Å². The molecule has 2 unspecified atom stereocenters. The van der Waals surface area contributed by atoms with Crippen LogP contribution in [0.2, 0.25) is 0 Å². The molecule has 0 bridgehead atoms. The number of aryl methyl sites for hydroxylation is 2. The zero-order chi connectivity index (χ0) is 13.2. The molecule has 0 radical (unpaired) electrons. The normalized spacial score (nSPS) is 25.3. The summed E-state index contributed by atoms with van der Waals surface area (Å²) < 4.78 is 5.81. The molecule has 1 N–H and O–H groups in total.